The van der Waals surface area contributed by atoms with Crippen LogP contribution in [0.1, 0.15) is 19.2 Å². The van der Waals surface area contributed by atoms with Crippen LogP contribution in [0, 0.1) is 0 Å². The van der Waals surface area contributed by atoms with Crippen molar-refractivity contribution in [3.63, 3.8) is 0 Å². The van der Waals surface area contributed by atoms with Gasteiger partial charge in [-0.15, -0.1) is 10.2 Å². The van der Waals surface area contributed by atoms with Crippen LogP contribution in [0.2, 0.25) is 5.02 Å². The molecule has 0 aliphatic heterocycles. The Bertz CT molecular complexity index is 553. The third-order valence-corrected chi connectivity index (χ3v) is 3.44. The topological polar surface area (TPSA) is 56.7 Å². The second-order valence-electron chi connectivity index (χ2n) is 3.92. The lowest BCUT2D eigenvalue weighted by Crippen LogP contribution is -2.09. The summed E-state index contributed by atoms with van der Waals surface area (Å²) < 4.78 is 2.96. The summed E-state index contributed by atoms with van der Waals surface area (Å²) in [6.07, 6.45) is 0.992. The van der Waals surface area contributed by atoms with Crippen molar-refractivity contribution in [1.82, 2.24) is 14.8 Å². The van der Waals surface area contributed by atoms with Crippen LogP contribution < -0.4 is 5.73 Å². The molecule has 2 rings (SSSR count). The molecule has 1 aromatic carbocycles. The molecule has 18 heavy (non-hydrogen) atoms. The molecule has 1 heterocycles. The fourth-order valence-electron chi connectivity index (χ4n) is 1.81. The smallest absolute Gasteiger partial charge is 0.165 e. The predicted octanol–water partition coefficient (Wildman–Crippen LogP) is 3.23. The number of hydrogen-bond donors (Lipinski definition) is 1. The molecule has 96 valence electrons. The zero-order valence-electron chi connectivity index (χ0n) is 10.0. The number of nitrogens with two attached hydrogens (primary N) is 1. The molecular formula is C12H14BrClN4. The summed E-state index contributed by atoms with van der Waals surface area (Å²) in [7, 11) is 0. The first-order valence-corrected chi connectivity index (χ1v) is 6.92. The van der Waals surface area contributed by atoms with Gasteiger partial charge in [0.1, 0.15) is 5.82 Å². The Hall–Kier alpha value is -0.910. The molecule has 0 amide bonds. The minimum atomic E-state index is 0.376. The summed E-state index contributed by atoms with van der Waals surface area (Å²) in [5.74, 6) is 1.56. The molecule has 0 saturated carbocycles. The van der Waals surface area contributed by atoms with E-state index in [1.807, 2.05) is 22.8 Å². The lowest BCUT2D eigenvalue weighted by molar-refractivity contribution is 0.644. The molecular weight excluding hydrogens is 316 g/mol. The highest BCUT2D eigenvalue weighted by Crippen LogP contribution is 2.29. The van der Waals surface area contributed by atoms with E-state index in [1.54, 1.807) is 0 Å². The highest BCUT2D eigenvalue weighted by Gasteiger charge is 2.14. The van der Waals surface area contributed by atoms with E-state index >= 15 is 0 Å². The number of nitrogens with zero attached hydrogens (tertiary/aromatic N) is 3. The molecule has 2 N–H and O–H groups in total. The van der Waals surface area contributed by atoms with Crippen molar-refractivity contribution < 1.29 is 0 Å². The Morgan fingerprint density at radius 1 is 1.39 bits per heavy atom. The molecule has 0 aliphatic rings. The number of aromatic nitrogens is 3. The predicted molar refractivity (Wildman–Crippen MR) is 76.4 cm³/mol. The van der Waals surface area contributed by atoms with Crippen molar-refractivity contribution >= 4 is 27.5 Å². The first-order valence-electron chi connectivity index (χ1n) is 5.75. The molecule has 6 heteroatoms. The second kappa shape index (κ2) is 5.82. The molecule has 0 fully saturated rings. The molecule has 0 aliphatic carbocycles. The molecule has 0 unspecified atom stereocenters. The van der Waals surface area contributed by atoms with E-state index in [2.05, 4.69) is 33.1 Å². The molecule has 0 radical (unpaired) electrons. The van der Waals surface area contributed by atoms with Gasteiger partial charge >= 0.3 is 0 Å². The van der Waals surface area contributed by atoms with Crippen LogP contribution in [0.25, 0.3) is 11.4 Å². The van der Waals surface area contributed by atoms with Gasteiger partial charge in [0.2, 0.25) is 0 Å². The fraction of sp³-hybridized carbons (Fsp3) is 0.333. The van der Waals surface area contributed by atoms with Crippen molar-refractivity contribution in [1.29, 1.82) is 0 Å². The van der Waals surface area contributed by atoms with Crippen LogP contribution in [0.3, 0.4) is 0 Å². The van der Waals surface area contributed by atoms with E-state index in [-0.39, 0.29) is 0 Å². The van der Waals surface area contributed by atoms with Gasteiger partial charge in [-0.05, 0) is 24.6 Å². The van der Waals surface area contributed by atoms with Gasteiger partial charge in [0.25, 0.3) is 0 Å². The quantitative estimate of drug-likeness (QED) is 0.937. The number of hydrogen-bond acceptors (Lipinski definition) is 3. The van der Waals surface area contributed by atoms with Gasteiger partial charge in [-0.2, -0.15) is 0 Å². The SMILES string of the molecule is CCCn1c(CN)nnc1-c1ccc(Br)cc1Cl. The van der Waals surface area contributed by atoms with E-state index in [0.29, 0.717) is 11.6 Å². The summed E-state index contributed by atoms with van der Waals surface area (Å²) >= 11 is 9.64. The average Bonchev–Trinajstić information content (AvgIpc) is 2.73. The Labute approximate surface area is 119 Å². The molecule has 0 bridgehead atoms. The van der Waals surface area contributed by atoms with Gasteiger partial charge in [0.15, 0.2) is 5.82 Å². The Morgan fingerprint density at radius 3 is 2.78 bits per heavy atom. The van der Waals surface area contributed by atoms with E-state index in [1.165, 1.54) is 0 Å². The van der Waals surface area contributed by atoms with Crippen molar-refractivity contribution in [2.75, 3.05) is 0 Å². The maximum atomic E-state index is 6.25. The maximum Gasteiger partial charge on any atom is 0.165 e. The third kappa shape index (κ3) is 2.58. The molecule has 1 aromatic heterocycles. The summed E-state index contributed by atoms with van der Waals surface area (Å²) in [6, 6.07) is 5.72. The minimum absolute atomic E-state index is 0.376. The average molecular weight is 330 g/mol. The standard InChI is InChI=1S/C12H14BrClN4/c1-2-5-18-11(7-15)16-17-12(18)9-4-3-8(13)6-10(9)14/h3-4,6H,2,5,7,15H2,1H3. The van der Waals surface area contributed by atoms with Crippen molar-refractivity contribution in [2.24, 2.45) is 5.73 Å². The molecule has 0 saturated heterocycles. The second-order valence-corrected chi connectivity index (χ2v) is 5.24. The summed E-state index contributed by atoms with van der Waals surface area (Å²) in [5.41, 5.74) is 6.55. The summed E-state index contributed by atoms with van der Waals surface area (Å²) in [5, 5.41) is 8.96. The van der Waals surface area contributed by atoms with Crippen molar-refractivity contribution in [2.45, 2.75) is 26.4 Å². The fourth-order valence-corrected chi connectivity index (χ4v) is 2.57. The number of halogens is 2. The van der Waals surface area contributed by atoms with E-state index in [9.17, 15) is 0 Å². The van der Waals surface area contributed by atoms with Crippen LogP contribution in [-0.4, -0.2) is 14.8 Å². The van der Waals surface area contributed by atoms with Crippen LogP contribution in [-0.2, 0) is 13.1 Å². The van der Waals surface area contributed by atoms with Gasteiger partial charge in [-0.25, -0.2) is 0 Å². The largest absolute Gasteiger partial charge is 0.324 e. The summed E-state index contributed by atoms with van der Waals surface area (Å²) in [6.45, 7) is 3.32. The van der Waals surface area contributed by atoms with Crippen LogP contribution in [0.4, 0.5) is 0 Å². The van der Waals surface area contributed by atoms with Gasteiger partial charge in [0.05, 0.1) is 11.6 Å². The van der Waals surface area contributed by atoms with Crippen LogP contribution >= 0.6 is 27.5 Å². The lowest BCUT2D eigenvalue weighted by atomic mass is 10.2. The monoisotopic (exact) mass is 328 g/mol. The van der Waals surface area contributed by atoms with E-state index in [4.69, 9.17) is 17.3 Å². The van der Waals surface area contributed by atoms with Gasteiger partial charge < -0.3 is 10.3 Å². The Kier molecular flexibility index (Phi) is 4.37. The Morgan fingerprint density at radius 2 is 2.17 bits per heavy atom. The van der Waals surface area contributed by atoms with Crippen molar-refractivity contribution in [3.8, 4) is 11.4 Å². The van der Waals surface area contributed by atoms with Gasteiger partial charge in [-0.1, -0.05) is 34.5 Å². The third-order valence-electron chi connectivity index (χ3n) is 2.63. The zero-order chi connectivity index (χ0) is 13.1. The first kappa shape index (κ1) is 13.5. The van der Waals surface area contributed by atoms with Crippen molar-refractivity contribution in [3.05, 3.63) is 33.5 Å². The van der Waals surface area contributed by atoms with Crippen LogP contribution in [0.15, 0.2) is 22.7 Å². The van der Waals surface area contributed by atoms with E-state index < -0.39 is 0 Å². The molecule has 4 nitrogen and oxygen atoms in total. The van der Waals surface area contributed by atoms with E-state index in [0.717, 1.165) is 34.7 Å². The number of benzene rings is 1. The molecule has 2 aromatic rings. The first-order chi connectivity index (χ1) is 8.67. The van der Waals surface area contributed by atoms with Crippen LogP contribution in [0.5, 0.6) is 0 Å². The highest BCUT2D eigenvalue weighted by molar-refractivity contribution is 9.10. The molecule has 0 atom stereocenters. The summed E-state index contributed by atoms with van der Waals surface area (Å²) in [4.78, 5) is 0. The Balaban J connectivity index is 2.52. The molecule has 0 spiro atoms. The zero-order valence-corrected chi connectivity index (χ0v) is 12.4. The maximum absolute atomic E-state index is 6.25. The van der Waals surface area contributed by atoms with Gasteiger partial charge in [0, 0.05) is 16.6 Å². The highest BCUT2D eigenvalue weighted by atomic mass is 79.9. The normalized spacial score (nSPS) is 10.9. The minimum Gasteiger partial charge on any atom is -0.324 e. The lowest BCUT2D eigenvalue weighted by Gasteiger charge is -2.09. The van der Waals surface area contributed by atoms with Gasteiger partial charge in [-0.3, -0.25) is 0 Å². The number of rotatable bonds is 4.